The molecule has 11 nitrogen and oxygen atoms in total. The summed E-state index contributed by atoms with van der Waals surface area (Å²) < 4.78 is 31.3. The molecule has 0 spiro atoms. The van der Waals surface area contributed by atoms with E-state index in [0.717, 1.165) is 0 Å². The van der Waals surface area contributed by atoms with Crippen molar-refractivity contribution in [3.63, 3.8) is 0 Å². The van der Waals surface area contributed by atoms with Crippen LogP contribution < -0.4 is 20.3 Å². The molecule has 0 aromatic heterocycles. The third-order valence-corrected chi connectivity index (χ3v) is 7.54. The molecule has 0 radical (unpaired) electrons. The second-order valence-electron chi connectivity index (χ2n) is 7.97. The minimum absolute atomic E-state index is 0.0779. The highest BCUT2D eigenvalue weighted by molar-refractivity contribution is 7.93. The fourth-order valence-corrected chi connectivity index (χ4v) is 5.48. The molecule has 0 aliphatic carbocycles. The van der Waals surface area contributed by atoms with Crippen molar-refractivity contribution in [2.24, 2.45) is 5.73 Å². The van der Waals surface area contributed by atoms with E-state index in [1.165, 1.54) is 21.3 Å². The lowest BCUT2D eigenvalue weighted by Gasteiger charge is -2.34. The van der Waals surface area contributed by atoms with Crippen LogP contribution in [0.5, 0.6) is 0 Å². The number of amidine groups is 1. The Bertz CT molecular complexity index is 1220. The van der Waals surface area contributed by atoms with Gasteiger partial charge in [-0.15, -0.1) is 0 Å². The van der Waals surface area contributed by atoms with E-state index < -0.39 is 34.0 Å². The highest BCUT2D eigenvalue weighted by Gasteiger charge is 2.39. The lowest BCUT2D eigenvalue weighted by molar-refractivity contribution is -0.150. The second kappa shape index (κ2) is 9.41. The van der Waals surface area contributed by atoms with Gasteiger partial charge in [-0.1, -0.05) is 6.07 Å². The number of anilines is 3. The number of ether oxygens (including phenoxy) is 1. The summed E-state index contributed by atoms with van der Waals surface area (Å²) in [5.74, 6) is -1.48. The van der Waals surface area contributed by atoms with E-state index in [9.17, 15) is 23.1 Å². The van der Waals surface area contributed by atoms with Crippen LogP contribution in [0, 0.1) is 5.41 Å². The van der Waals surface area contributed by atoms with E-state index in [0.29, 0.717) is 35.6 Å². The minimum Gasteiger partial charge on any atom is -0.384 e. The number of nitrogen functional groups attached to an aromatic ring is 1. The van der Waals surface area contributed by atoms with Crippen LogP contribution >= 0.6 is 0 Å². The molecular formula is C22H25N5O6S. The van der Waals surface area contributed by atoms with Crippen molar-refractivity contribution in [3.8, 4) is 0 Å². The van der Waals surface area contributed by atoms with Crippen LogP contribution in [0.1, 0.15) is 12.0 Å². The molecule has 2 aliphatic heterocycles. The number of amides is 2. The summed E-state index contributed by atoms with van der Waals surface area (Å²) in [6.07, 6.45) is -2.67. The van der Waals surface area contributed by atoms with Gasteiger partial charge in [-0.2, -0.15) is 0 Å². The maximum Gasteiger partial charge on any atom is 0.259 e. The summed E-state index contributed by atoms with van der Waals surface area (Å²) in [7, 11) is -3.38. The zero-order valence-corrected chi connectivity index (χ0v) is 19.0. The molecule has 0 unspecified atom stereocenters. The number of hydrogen-bond donors (Lipinski definition) is 4. The number of rotatable bonds is 6. The Balaban J connectivity index is 1.48. The van der Waals surface area contributed by atoms with E-state index in [1.54, 1.807) is 36.4 Å². The van der Waals surface area contributed by atoms with Crippen LogP contribution in [0.15, 0.2) is 48.5 Å². The zero-order valence-electron chi connectivity index (χ0n) is 18.2. The van der Waals surface area contributed by atoms with E-state index in [1.807, 2.05) is 0 Å². The van der Waals surface area contributed by atoms with Gasteiger partial charge >= 0.3 is 0 Å². The first-order valence-corrected chi connectivity index (χ1v) is 12.2. The third kappa shape index (κ3) is 4.74. The Hall–Kier alpha value is -3.48. The molecule has 2 heterocycles. The lowest BCUT2D eigenvalue weighted by atomic mass is 10.1. The first-order valence-electron chi connectivity index (χ1n) is 10.6. The molecule has 2 fully saturated rings. The van der Waals surface area contributed by atoms with Crippen molar-refractivity contribution in [1.29, 1.82) is 5.41 Å². The van der Waals surface area contributed by atoms with E-state index in [4.69, 9.17) is 15.9 Å². The van der Waals surface area contributed by atoms with Gasteiger partial charge in [0.05, 0.1) is 18.0 Å². The number of nitrogens with one attached hydrogen (secondary N) is 2. The average molecular weight is 488 g/mol. The van der Waals surface area contributed by atoms with Crippen LogP contribution in [-0.4, -0.2) is 68.8 Å². The summed E-state index contributed by atoms with van der Waals surface area (Å²) >= 11 is 0. The fraction of sp³-hybridized carbons (Fsp3) is 0.318. The van der Waals surface area contributed by atoms with Crippen molar-refractivity contribution in [1.82, 2.24) is 0 Å². The molecule has 2 aromatic rings. The molecule has 2 atom stereocenters. The second-order valence-corrected chi connectivity index (χ2v) is 9.98. The maximum absolute atomic E-state index is 13.1. The normalized spacial score (nSPS) is 20.7. The molecule has 2 aromatic carbocycles. The first-order chi connectivity index (χ1) is 16.2. The number of nitrogens with two attached hydrogens (primary N) is 1. The predicted octanol–water partition coefficient (Wildman–Crippen LogP) is 0.242. The zero-order chi connectivity index (χ0) is 24.5. The van der Waals surface area contributed by atoms with Gasteiger partial charge in [-0.3, -0.25) is 19.3 Å². The Labute approximate surface area is 196 Å². The van der Waals surface area contributed by atoms with Gasteiger partial charge < -0.3 is 25.8 Å². The molecule has 4 rings (SSSR count). The number of carbonyl (C=O) groups excluding carboxylic acids is 2. The predicted molar refractivity (Wildman–Crippen MR) is 126 cm³/mol. The number of carbonyl (C=O) groups is 2. The summed E-state index contributed by atoms with van der Waals surface area (Å²) in [6.45, 7) is 0.643. The maximum atomic E-state index is 13.1. The summed E-state index contributed by atoms with van der Waals surface area (Å²) in [6, 6.07) is 12.7. The number of benzene rings is 2. The van der Waals surface area contributed by atoms with Crippen LogP contribution in [0.4, 0.5) is 17.1 Å². The van der Waals surface area contributed by atoms with Crippen molar-refractivity contribution in [2.75, 3.05) is 40.0 Å². The average Bonchev–Trinajstić information content (AvgIpc) is 3.18. The highest BCUT2D eigenvalue weighted by atomic mass is 32.2. The van der Waals surface area contributed by atoms with Gasteiger partial charge in [-0.25, -0.2) is 8.42 Å². The van der Waals surface area contributed by atoms with Crippen molar-refractivity contribution < 1.29 is 27.9 Å². The first kappa shape index (κ1) is 23.7. The summed E-state index contributed by atoms with van der Waals surface area (Å²) in [4.78, 5) is 27.0. The fourth-order valence-electron chi connectivity index (χ4n) is 3.92. The Morgan fingerprint density at radius 3 is 2.53 bits per heavy atom. The van der Waals surface area contributed by atoms with Gasteiger partial charge in [-0.05, 0) is 48.9 Å². The number of aliphatic hydroxyl groups excluding tert-OH is 1. The van der Waals surface area contributed by atoms with Crippen LogP contribution in [-0.2, 0) is 24.3 Å². The van der Waals surface area contributed by atoms with E-state index in [2.05, 4.69) is 5.32 Å². The largest absolute Gasteiger partial charge is 0.384 e. The molecular weight excluding hydrogens is 462 g/mol. The molecule has 12 heteroatoms. The molecule has 2 amide bonds. The number of morpholine rings is 1. The smallest absolute Gasteiger partial charge is 0.259 e. The third-order valence-electron chi connectivity index (χ3n) is 5.67. The number of hydrogen-bond acceptors (Lipinski definition) is 7. The highest BCUT2D eigenvalue weighted by Crippen LogP contribution is 2.29. The quantitative estimate of drug-likeness (QED) is 0.334. The van der Waals surface area contributed by atoms with Crippen molar-refractivity contribution in [2.45, 2.75) is 18.6 Å². The molecule has 2 aliphatic rings. The van der Waals surface area contributed by atoms with Crippen LogP contribution in [0.3, 0.4) is 0 Å². The van der Waals surface area contributed by atoms with Gasteiger partial charge in [0.1, 0.15) is 5.84 Å². The van der Waals surface area contributed by atoms with E-state index >= 15 is 0 Å². The molecule has 5 N–H and O–H groups in total. The lowest BCUT2D eigenvalue weighted by Crippen LogP contribution is -2.55. The van der Waals surface area contributed by atoms with E-state index in [-0.39, 0.29) is 24.7 Å². The topological polar surface area (TPSA) is 166 Å². The van der Waals surface area contributed by atoms with Gasteiger partial charge in [0, 0.05) is 30.0 Å². The Kier molecular flexibility index (Phi) is 6.55. The Morgan fingerprint density at radius 2 is 1.88 bits per heavy atom. The van der Waals surface area contributed by atoms with Gasteiger partial charge in [0.25, 0.3) is 11.8 Å². The number of aliphatic hydroxyl groups is 1. The number of sulfonamides is 1. The molecule has 2 saturated heterocycles. The summed E-state index contributed by atoms with van der Waals surface area (Å²) in [5.41, 5.74) is 7.15. The molecule has 0 bridgehead atoms. The van der Waals surface area contributed by atoms with Crippen LogP contribution in [0.25, 0.3) is 0 Å². The van der Waals surface area contributed by atoms with Crippen LogP contribution in [0.2, 0.25) is 0 Å². The summed E-state index contributed by atoms with van der Waals surface area (Å²) in [5, 5.41) is 20.5. The molecule has 180 valence electrons. The van der Waals surface area contributed by atoms with Crippen molar-refractivity contribution >= 4 is 44.7 Å². The van der Waals surface area contributed by atoms with Gasteiger partial charge in [0.15, 0.2) is 12.2 Å². The number of nitrogens with zero attached hydrogens (tertiary/aromatic N) is 2. The standard InChI is InChI=1S/C22H25N5O6S/c23-20(24)14-5-7-15(8-6-14)25-21(29)18(28)19-22(30)26(10-11-33-19)16-3-1-4-17(13-16)27-9-2-12-34(27,31)32/h1,3-8,13,18-19,28H,2,9-12H2,(H3,23,24)(H,25,29)/t18-,19-/m1/s1. The van der Waals surface area contributed by atoms with Gasteiger partial charge in [0.2, 0.25) is 10.0 Å². The molecule has 34 heavy (non-hydrogen) atoms. The monoisotopic (exact) mass is 487 g/mol. The minimum atomic E-state index is -3.38. The SMILES string of the molecule is N=C(N)c1ccc(NC(=O)[C@H](O)[C@H]2OCCN(c3cccc(N4CCCS4(=O)=O)c3)C2=O)cc1. The Morgan fingerprint density at radius 1 is 1.18 bits per heavy atom. The van der Waals surface area contributed by atoms with Crippen molar-refractivity contribution in [3.05, 3.63) is 54.1 Å². The molecule has 0 saturated carbocycles.